The first-order valence-electron chi connectivity index (χ1n) is 11.9. The summed E-state index contributed by atoms with van der Waals surface area (Å²) in [4.78, 5) is 19.5. The molecule has 0 atom stereocenters. The molecule has 178 valence electrons. The minimum Gasteiger partial charge on any atom is -0.355 e. The first-order chi connectivity index (χ1) is 16.5. The van der Waals surface area contributed by atoms with Gasteiger partial charge in [0.2, 0.25) is 0 Å². The van der Waals surface area contributed by atoms with Crippen LogP contribution in [0.4, 0.5) is 16.0 Å². The summed E-state index contributed by atoms with van der Waals surface area (Å²) in [5.41, 5.74) is 1.96. The fourth-order valence-corrected chi connectivity index (χ4v) is 4.62. The van der Waals surface area contributed by atoms with E-state index in [1.807, 2.05) is 11.0 Å². The number of piperazine rings is 1. The van der Waals surface area contributed by atoms with Crippen molar-refractivity contribution in [1.29, 1.82) is 0 Å². The number of benzene rings is 1. The topological polar surface area (TPSA) is 70.4 Å². The fraction of sp³-hybridized carbons (Fsp3) is 0.440. The lowest BCUT2D eigenvalue weighted by Crippen LogP contribution is -2.49. The Morgan fingerprint density at radius 2 is 1.47 bits per heavy atom. The van der Waals surface area contributed by atoms with E-state index in [1.165, 1.54) is 25.0 Å². The molecule has 2 aliphatic heterocycles. The van der Waals surface area contributed by atoms with E-state index < -0.39 is 0 Å². The molecular formula is C25H30FN7O. The molecule has 0 unspecified atom stereocenters. The summed E-state index contributed by atoms with van der Waals surface area (Å²) in [5.74, 6) is 2.22. The van der Waals surface area contributed by atoms with Crippen LogP contribution in [-0.2, 0) is 7.05 Å². The zero-order valence-electron chi connectivity index (χ0n) is 19.7. The number of rotatable bonds is 4. The van der Waals surface area contributed by atoms with Gasteiger partial charge in [-0.05, 0) is 61.2 Å². The summed E-state index contributed by atoms with van der Waals surface area (Å²) >= 11 is 0. The molecule has 4 heterocycles. The minimum absolute atomic E-state index is 0.0521. The van der Waals surface area contributed by atoms with Crippen molar-refractivity contribution in [2.24, 2.45) is 13.0 Å². The Balaban J connectivity index is 1.20. The van der Waals surface area contributed by atoms with Crippen molar-refractivity contribution in [3.05, 3.63) is 54.0 Å². The van der Waals surface area contributed by atoms with Crippen LogP contribution in [0.25, 0.3) is 11.3 Å². The number of anilines is 2. The van der Waals surface area contributed by atoms with Gasteiger partial charge >= 0.3 is 0 Å². The molecule has 1 aromatic carbocycles. The number of hydrogen-bond donors (Lipinski definition) is 0. The highest BCUT2D eigenvalue weighted by Crippen LogP contribution is 2.23. The van der Waals surface area contributed by atoms with E-state index in [2.05, 4.69) is 38.1 Å². The van der Waals surface area contributed by atoms with Crippen molar-refractivity contribution in [3.8, 4) is 11.3 Å². The van der Waals surface area contributed by atoms with Gasteiger partial charge in [-0.2, -0.15) is 5.10 Å². The van der Waals surface area contributed by atoms with E-state index in [1.54, 1.807) is 29.9 Å². The Kier molecular flexibility index (Phi) is 6.17. The second-order valence-electron chi connectivity index (χ2n) is 9.24. The predicted molar refractivity (Wildman–Crippen MR) is 129 cm³/mol. The van der Waals surface area contributed by atoms with Gasteiger partial charge < -0.3 is 14.7 Å². The molecule has 0 saturated carbocycles. The maximum atomic E-state index is 13.2. The third-order valence-electron chi connectivity index (χ3n) is 6.87. The SMILES string of the molecule is CC1CCN(c2ccc(N3CCN(C(=O)c4cc(-c5ccc(F)cc5)nn4C)CC3)nn2)CC1. The molecule has 0 bridgehead atoms. The monoisotopic (exact) mass is 463 g/mol. The first kappa shape index (κ1) is 22.3. The Morgan fingerprint density at radius 1 is 0.882 bits per heavy atom. The van der Waals surface area contributed by atoms with E-state index in [0.717, 1.165) is 36.2 Å². The van der Waals surface area contributed by atoms with Gasteiger partial charge in [0, 0.05) is 51.9 Å². The Hall–Kier alpha value is -3.49. The van der Waals surface area contributed by atoms with Crippen LogP contribution in [0.1, 0.15) is 30.3 Å². The second-order valence-corrected chi connectivity index (χ2v) is 9.24. The molecule has 2 aliphatic rings. The molecule has 0 radical (unpaired) electrons. The number of aryl methyl sites for hydroxylation is 1. The second kappa shape index (κ2) is 9.40. The Labute approximate surface area is 199 Å². The average molecular weight is 464 g/mol. The molecule has 2 saturated heterocycles. The lowest BCUT2D eigenvalue weighted by molar-refractivity contribution is 0.0735. The minimum atomic E-state index is -0.297. The van der Waals surface area contributed by atoms with Crippen molar-refractivity contribution in [2.75, 3.05) is 49.1 Å². The Morgan fingerprint density at radius 3 is 2.06 bits per heavy atom. The molecule has 9 heteroatoms. The molecule has 8 nitrogen and oxygen atoms in total. The van der Waals surface area contributed by atoms with Gasteiger partial charge in [-0.1, -0.05) is 6.92 Å². The normalized spacial score (nSPS) is 17.3. The number of nitrogens with zero attached hydrogens (tertiary/aromatic N) is 7. The number of piperidine rings is 1. The molecule has 3 aromatic rings. The molecule has 0 aliphatic carbocycles. The summed E-state index contributed by atoms with van der Waals surface area (Å²) in [6.45, 7) is 6.97. The van der Waals surface area contributed by atoms with Crippen LogP contribution in [0.15, 0.2) is 42.5 Å². The van der Waals surface area contributed by atoms with Gasteiger partial charge in [-0.3, -0.25) is 9.48 Å². The average Bonchev–Trinajstić information content (AvgIpc) is 3.26. The van der Waals surface area contributed by atoms with Crippen molar-refractivity contribution >= 4 is 17.5 Å². The number of carbonyl (C=O) groups excluding carboxylic acids is 1. The third kappa shape index (κ3) is 4.60. The number of amides is 1. The van der Waals surface area contributed by atoms with Crippen molar-refractivity contribution < 1.29 is 9.18 Å². The largest absolute Gasteiger partial charge is 0.355 e. The van der Waals surface area contributed by atoms with Crippen LogP contribution in [-0.4, -0.2) is 70.1 Å². The molecule has 2 aromatic heterocycles. The lowest BCUT2D eigenvalue weighted by Gasteiger charge is -2.35. The zero-order valence-corrected chi connectivity index (χ0v) is 19.7. The quantitative estimate of drug-likeness (QED) is 0.592. The van der Waals surface area contributed by atoms with E-state index in [0.29, 0.717) is 37.6 Å². The molecule has 2 fully saturated rings. The van der Waals surface area contributed by atoms with Crippen LogP contribution in [0, 0.1) is 11.7 Å². The van der Waals surface area contributed by atoms with Gasteiger partial charge in [0.15, 0.2) is 11.6 Å². The molecule has 0 spiro atoms. The number of halogens is 1. The van der Waals surface area contributed by atoms with Gasteiger partial charge in [0.25, 0.3) is 5.91 Å². The molecule has 34 heavy (non-hydrogen) atoms. The van der Waals surface area contributed by atoms with E-state index in [4.69, 9.17) is 0 Å². The van der Waals surface area contributed by atoms with Crippen LogP contribution in [0.3, 0.4) is 0 Å². The molecule has 5 rings (SSSR count). The van der Waals surface area contributed by atoms with Crippen LogP contribution >= 0.6 is 0 Å². The maximum absolute atomic E-state index is 13.2. The van der Waals surface area contributed by atoms with Crippen LogP contribution < -0.4 is 9.80 Å². The highest BCUT2D eigenvalue weighted by molar-refractivity contribution is 5.94. The van der Waals surface area contributed by atoms with Gasteiger partial charge in [-0.25, -0.2) is 4.39 Å². The summed E-state index contributed by atoms with van der Waals surface area (Å²) in [5, 5.41) is 13.4. The smallest absolute Gasteiger partial charge is 0.272 e. The standard InChI is InChI=1S/C25H30FN7O/c1-18-9-11-31(12-10-18)23-7-8-24(28-27-23)32-13-15-33(16-14-32)25(34)22-17-21(29-30(22)2)19-3-5-20(26)6-4-19/h3-8,17-18H,9-16H2,1-2H3. The molecule has 0 N–H and O–H groups in total. The van der Waals surface area contributed by atoms with Crippen LogP contribution in [0.2, 0.25) is 0 Å². The van der Waals surface area contributed by atoms with E-state index in [-0.39, 0.29) is 11.7 Å². The predicted octanol–water partition coefficient (Wildman–Crippen LogP) is 3.21. The van der Waals surface area contributed by atoms with E-state index >= 15 is 0 Å². The van der Waals surface area contributed by atoms with Crippen molar-refractivity contribution in [2.45, 2.75) is 19.8 Å². The zero-order chi connectivity index (χ0) is 23.7. The first-order valence-corrected chi connectivity index (χ1v) is 11.9. The number of hydrogen-bond acceptors (Lipinski definition) is 6. The van der Waals surface area contributed by atoms with Gasteiger partial charge in [0.05, 0.1) is 5.69 Å². The lowest BCUT2D eigenvalue weighted by atomic mass is 9.99. The van der Waals surface area contributed by atoms with Crippen LogP contribution in [0.5, 0.6) is 0 Å². The van der Waals surface area contributed by atoms with Crippen molar-refractivity contribution in [3.63, 3.8) is 0 Å². The molecule has 1 amide bonds. The maximum Gasteiger partial charge on any atom is 0.272 e. The third-order valence-corrected chi connectivity index (χ3v) is 6.87. The number of carbonyl (C=O) groups is 1. The summed E-state index contributed by atoms with van der Waals surface area (Å²) in [7, 11) is 1.76. The van der Waals surface area contributed by atoms with Gasteiger partial charge in [-0.15, -0.1) is 10.2 Å². The summed E-state index contributed by atoms with van der Waals surface area (Å²) in [6.07, 6.45) is 2.39. The molecular weight excluding hydrogens is 433 g/mol. The fourth-order valence-electron chi connectivity index (χ4n) is 4.62. The summed E-state index contributed by atoms with van der Waals surface area (Å²) < 4.78 is 14.8. The Bertz CT molecular complexity index is 1130. The van der Waals surface area contributed by atoms with E-state index in [9.17, 15) is 9.18 Å². The van der Waals surface area contributed by atoms with Crippen molar-refractivity contribution in [1.82, 2.24) is 24.9 Å². The highest BCUT2D eigenvalue weighted by Gasteiger charge is 2.26. The summed E-state index contributed by atoms with van der Waals surface area (Å²) in [6, 6.07) is 12.0. The van der Waals surface area contributed by atoms with Gasteiger partial charge in [0.1, 0.15) is 11.5 Å². The highest BCUT2D eigenvalue weighted by atomic mass is 19.1. The number of aromatic nitrogens is 4.